The third-order valence-electron chi connectivity index (χ3n) is 2.95. The summed E-state index contributed by atoms with van der Waals surface area (Å²) < 4.78 is 27.9. The first kappa shape index (κ1) is 16.6. The van der Waals surface area contributed by atoms with Gasteiger partial charge < -0.3 is 10.1 Å². The number of carbonyl (C=O) groups excluding carboxylic acids is 1. The van der Waals surface area contributed by atoms with Crippen molar-refractivity contribution in [2.45, 2.75) is 25.7 Å². The highest BCUT2D eigenvalue weighted by molar-refractivity contribution is 7.89. The molecule has 6 nitrogen and oxygen atoms in total. The average Bonchev–Trinajstić information content (AvgIpc) is 2.36. The largest absolute Gasteiger partial charge is 0.380 e. The molecule has 0 saturated heterocycles. The van der Waals surface area contributed by atoms with Crippen molar-refractivity contribution in [1.82, 2.24) is 5.32 Å². The van der Waals surface area contributed by atoms with Crippen molar-refractivity contribution in [2.24, 2.45) is 5.14 Å². The molecule has 1 rings (SSSR count). The molecule has 0 aliphatic heterocycles. The summed E-state index contributed by atoms with van der Waals surface area (Å²) in [6, 6.07) is 2.76. The van der Waals surface area contributed by atoms with Crippen LogP contribution in [-0.2, 0) is 14.8 Å². The van der Waals surface area contributed by atoms with Gasteiger partial charge in [0.15, 0.2) is 0 Å². The van der Waals surface area contributed by atoms with Crippen molar-refractivity contribution in [3.05, 3.63) is 28.8 Å². The number of amides is 1. The van der Waals surface area contributed by atoms with Crippen LogP contribution in [-0.4, -0.2) is 34.1 Å². The molecule has 0 aliphatic carbocycles. The molecule has 0 heterocycles. The fourth-order valence-corrected chi connectivity index (χ4v) is 2.33. The standard InChI is InChI=1S/C13H20N2O4S/c1-4-19-6-5-15-13(16)12-8-11(20(14,17)18)7-9(2)10(12)3/h7-8H,4-6H2,1-3H3,(H,15,16)(H2,14,17,18). The van der Waals surface area contributed by atoms with Crippen molar-refractivity contribution in [3.8, 4) is 0 Å². The molecule has 20 heavy (non-hydrogen) atoms. The van der Waals surface area contributed by atoms with E-state index in [1.165, 1.54) is 12.1 Å². The molecule has 7 heteroatoms. The molecule has 0 saturated carbocycles. The fraction of sp³-hybridized carbons (Fsp3) is 0.462. The van der Waals surface area contributed by atoms with E-state index in [1.54, 1.807) is 13.8 Å². The second kappa shape index (κ2) is 6.83. The average molecular weight is 300 g/mol. The van der Waals surface area contributed by atoms with Gasteiger partial charge in [-0.3, -0.25) is 4.79 Å². The quantitative estimate of drug-likeness (QED) is 0.756. The van der Waals surface area contributed by atoms with E-state index < -0.39 is 10.0 Å². The maximum Gasteiger partial charge on any atom is 0.251 e. The number of sulfonamides is 1. The van der Waals surface area contributed by atoms with E-state index in [2.05, 4.69) is 5.32 Å². The van der Waals surface area contributed by atoms with Crippen molar-refractivity contribution in [1.29, 1.82) is 0 Å². The van der Waals surface area contributed by atoms with Crippen LogP contribution in [0.3, 0.4) is 0 Å². The van der Waals surface area contributed by atoms with Crippen LogP contribution in [0.4, 0.5) is 0 Å². The zero-order valence-electron chi connectivity index (χ0n) is 11.9. The highest BCUT2D eigenvalue weighted by atomic mass is 32.2. The first-order valence-electron chi connectivity index (χ1n) is 6.27. The maximum atomic E-state index is 12.1. The van der Waals surface area contributed by atoms with Gasteiger partial charge >= 0.3 is 0 Å². The molecule has 0 fully saturated rings. The minimum absolute atomic E-state index is 0.0597. The Hall–Kier alpha value is -1.44. The molecule has 0 atom stereocenters. The van der Waals surface area contributed by atoms with Gasteiger partial charge in [0.05, 0.1) is 11.5 Å². The summed E-state index contributed by atoms with van der Waals surface area (Å²) in [5.41, 5.74) is 1.74. The van der Waals surface area contributed by atoms with Crippen LogP contribution in [0.2, 0.25) is 0 Å². The third-order valence-corrected chi connectivity index (χ3v) is 3.84. The van der Waals surface area contributed by atoms with E-state index >= 15 is 0 Å². The number of hydrogen-bond acceptors (Lipinski definition) is 4. The Morgan fingerprint density at radius 3 is 2.55 bits per heavy atom. The number of aryl methyl sites for hydroxylation is 1. The third kappa shape index (κ3) is 4.29. The summed E-state index contributed by atoms with van der Waals surface area (Å²) >= 11 is 0. The zero-order valence-corrected chi connectivity index (χ0v) is 12.7. The maximum absolute atomic E-state index is 12.1. The molecule has 1 aromatic rings. The SMILES string of the molecule is CCOCCNC(=O)c1cc(S(N)(=O)=O)cc(C)c1C. The van der Waals surface area contributed by atoms with Gasteiger partial charge in [-0.05, 0) is 44.0 Å². The van der Waals surface area contributed by atoms with Crippen molar-refractivity contribution < 1.29 is 17.9 Å². The summed E-state index contributed by atoms with van der Waals surface area (Å²) in [7, 11) is -3.83. The predicted molar refractivity (Wildman–Crippen MR) is 76.1 cm³/mol. The van der Waals surface area contributed by atoms with E-state index in [4.69, 9.17) is 9.88 Å². The molecular formula is C13H20N2O4S. The molecule has 3 N–H and O–H groups in total. The number of nitrogens with two attached hydrogens (primary N) is 1. The lowest BCUT2D eigenvalue weighted by Crippen LogP contribution is -2.28. The van der Waals surface area contributed by atoms with Gasteiger partial charge in [0.2, 0.25) is 10.0 Å². The highest BCUT2D eigenvalue weighted by Gasteiger charge is 2.16. The van der Waals surface area contributed by atoms with E-state index in [9.17, 15) is 13.2 Å². The van der Waals surface area contributed by atoms with E-state index in [1.807, 2.05) is 6.92 Å². The van der Waals surface area contributed by atoms with Crippen molar-refractivity contribution >= 4 is 15.9 Å². The Morgan fingerprint density at radius 2 is 2.00 bits per heavy atom. The number of primary sulfonamides is 1. The number of hydrogen-bond donors (Lipinski definition) is 2. The second-order valence-corrected chi connectivity index (χ2v) is 5.97. The van der Waals surface area contributed by atoms with Gasteiger partial charge in [0.25, 0.3) is 5.91 Å². The van der Waals surface area contributed by atoms with Crippen molar-refractivity contribution in [3.63, 3.8) is 0 Å². The molecule has 0 aromatic heterocycles. The van der Waals surface area contributed by atoms with Crippen LogP contribution in [0.1, 0.15) is 28.4 Å². The van der Waals surface area contributed by atoms with Crippen LogP contribution in [0, 0.1) is 13.8 Å². The number of ether oxygens (including phenoxy) is 1. The van der Waals surface area contributed by atoms with Gasteiger partial charge in [0.1, 0.15) is 0 Å². The van der Waals surface area contributed by atoms with Gasteiger partial charge in [0, 0.05) is 18.7 Å². The Bertz CT molecular complexity index is 597. The topological polar surface area (TPSA) is 98.5 Å². The van der Waals surface area contributed by atoms with Crippen LogP contribution in [0.25, 0.3) is 0 Å². The van der Waals surface area contributed by atoms with Crippen LogP contribution in [0.5, 0.6) is 0 Å². The molecule has 1 aromatic carbocycles. The molecule has 0 spiro atoms. The first-order valence-corrected chi connectivity index (χ1v) is 7.82. The Balaban J connectivity index is 2.99. The number of nitrogens with one attached hydrogen (secondary N) is 1. The summed E-state index contributed by atoms with van der Waals surface area (Å²) in [5, 5.41) is 7.79. The monoisotopic (exact) mass is 300 g/mol. The van der Waals surface area contributed by atoms with Gasteiger partial charge in [-0.1, -0.05) is 0 Å². The summed E-state index contributed by atoms with van der Waals surface area (Å²) in [6.45, 7) is 6.72. The summed E-state index contributed by atoms with van der Waals surface area (Å²) in [6.07, 6.45) is 0. The minimum Gasteiger partial charge on any atom is -0.380 e. The summed E-state index contributed by atoms with van der Waals surface area (Å²) in [5.74, 6) is -0.337. The van der Waals surface area contributed by atoms with E-state index in [0.717, 1.165) is 5.56 Å². The molecule has 0 aliphatic rings. The molecule has 112 valence electrons. The highest BCUT2D eigenvalue weighted by Crippen LogP contribution is 2.19. The van der Waals surface area contributed by atoms with E-state index in [-0.39, 0.29) is 10.8 Å². The molecule has 0 bridgehead atoms. The Labute approximate surface area is 119 Å². The van der Waals surface area contributed by atoms with Gasteiger partial charge in [-0.15, -0.1) is 0 Å². The smallest absolute Gasteiger partial charge is 0.251 e. The molecular weight excluding hydrogens is 280 g/mol. The first-order chi connectivity index (χ1) is 9.27. The summed E-state index contributed by atoms with van der Waals surface area (Å²) in [4.78, 5) is 12.0. The lowest BCUT2D eigenvalue weighted by Gasteiger charge is -2.11. The van der Waals surface area contributed by atoms with Gasteiger partial charge in [-0.2, -0.15) is 0 Å². The lowest BCUT2D eigenvalue weighted by molar-refractivity contribution is 0.0921. The Morgan fingerprint density at radius 1 is 1.35 bits per heavy atom. The minimum atomic E-state index is -3.83. The number of benzene rings is 1. The van der Waals surface area contributed by atoms with Crippen LogP contribution < -0.4 is 10.5 Å². The van der Waals surface area contributed by atoms with Crippen molar-refractivity contribution in [2.75, 3.05) is 19.8 Å². The van der Waals surface area contributed by atoms with E-state index in [0.29, 0.717) is 30.9 Å². The zero-order chi connectivity index (χ0) is 15.3. The Kier molecular flexibility index (Phi) is 5.67. The predicted octanol–water partition coefficient (Wildman–Crippen LogP) is 0.717. The number of rotatable bonds is 6. The lowest BCUT2D eigenvalue weighted by atomic mass is 10.0. The molecule has 0 radical (unpaired) electrons. The van der Waals surface area contributed by atoms with Crippen LogP contribution >= 0.6 is 0 Å². The number of carbonyl (C=O) groups is 1. The second-order valence-electron chi connectivity index (χ2n) is 4.41. The normalized spacial score (nSPS) is 11.4. The van der Waals surface area contributed by atoms with Gasteiger partial charge in [-0.25, -0.2) is 13.6 Å². The van der Waals surface area contributed by atoms with Crippen LogP contribution in [0.15, 0.2) is 17.0 Å². The molecule has 1 amide bonds. The fourth-order valence-electron chi connectivity index (χ4n) is 1.70. The molecule has 0 unspecified atom stereocenters.